The molecule has 0 radical (unpaired) electrons. The van der Waals surface area contributed by atoms with Gasteiger partial charge >= 0.3 is 0 Å². The molecule has 0 spiro atoms. The topological polar surface area (TPSA) is 111 Å². The van der Waals surface area contributed by atoms with E-state index in [-0.39, 0.29) is 33.0 Å². The number of rotatable bonds is 10. The van der Waals surface area contributed by atoms with E-state index in [1.807, 2.05) is 0 Å². The first-order valence-corrected chi connectivity index (χ1v) is 6.23. The Morgan fingerprint density at radius 3 is 2.56 bits per heavy atom. The molecule has 0 atom stereocenters. The molecule has 0 fully saturated rings. The minimum absolute atomic E-state index is 0.0916. The molecule has 0 N–H and O–H groups in total. The van der Waals surface area contributed by atoms with Crippen molar-refractivity contribution in [3.8, 4) is 0 Å². The molecule has 0 aliphatic heterocycles. The molecule has 0 saturated carbocycles. The van der Waals surface area contributed by atoms with Crippen LogP contribution in [0.1, 0.15) is 6.92 Å². The van der Waals surface area contributed by atoms with Gasteiger partial charge in [0.1, 0.15) is 0 Å². The van der Waals surface area contributed by atoms with E-state index < -0.39 is 16.1 Å². The fraction of sp³-hybridized carbons (Fsp3) is 1.00. The Morgan fingerprint density at radius 2 is 1.94 bits per heavy atom. The van der Waals surface area contributed by atoms with E-state index >= 15 is 0 Å². The van der Waals surface area contributed by atoms with E-state index in [0.717, 1.165) is 0 Å². The van der Waals surface area contributed by atoms with E-state index in [9.17, 15) is 8.42 Å². The monoisotopic (exact) mass is 253 g/mol. The number of nitrogens with zero attached hydrogens (tertiary/aromatic N) is 3. The summed E-state index contributed by atoms with van der Waals surface area (Å²) in [7, 11) is -3.58. The first-order valence-electron chi connectivity index (χ1n) is 4.66. The van der Waals surface area contributed by atoms with Gasteiger partial charge in [-0.25, -0.2) is 0 Å². The van der Waals surface area contributed by atoms with Crippen LogP contribution in [0.4, 0.5) is 0 Å². The van der Waals surface area contributed by atoms with Crippen LogP contribution < -0.4 is 0 Å². The summed E-state index contributed by atoms with van der Waals surface area (Å²) < 4.78 is 36.2. The van der Waals surface area contributed by atoms with Crippen molar-refractivity contribution < 1.29 is 22.1 Å². The highest BCUT2D eigenvalue weighted by molar-refractivity contribution is 7.86. The second-order valence-corrected chi connectivity index (χ2v) is 4.14. The van der Waals surface area contributed by atoms with Gasteiger partial charge < -0.3 is 9.47 Å². The van der Waals surface area contributed by atoms with Gasteiger partial charge in [0.15, 0.2) is 5.94 Å². The van der Waals surface area contributed by atoms with Crippen molar-refractivity contribution >= 4 is 10.1 Å². The lowest BCUT2D eigenvalue weighted by atomic mass is 10.7. The molecule has 94 valence electrons. The van der Waals surface area contributed by atoms with Crippen LogP contribution in [0.15, 0.2) is 5.11 Å². The Labute approximate surface area is 94.2 Å². The normalized spacial score (nSPS) is 11.1. The summed E-state index contributed by atoms with van der Waals surface area (Å²) in [5.41, 5.74) is 7.94. The van der Waals surface area contributed by atoms with E-state index in [1.54, 1.807) is 6.92 Å². The molecule has 0 unspecified atom stereocenters. The molecular formula is C7H15N3O5S. The fourth-order valence-electron chi connectivity index (χ4n) is 0.745. The third-order valence-corrected chi connectivity index (χ3v) is 2.35. The quantitative estimate of drug-likeness (QED) is 0.186. The molecule has 0 bridgehead atoms. The lowest BCUT2D eigenvalue weighted by molar-refractivity contribution is 0.0651. The molecule has 0 aliphatic carbocycles. The zero-order valence-electron chi connectivity index (χ0n) is 9.03. The number of azide groups is 1. The third kappa shape index (κ3) is 9.69. The maximum Gasteiger partial charge on any atom is 0.291 e. The standard InChI is InChI=1S/C7H15N3O5S/c1-2-15-16(11,12)7-14-6-5-13-4-3-9-10-8/h2-7H2,1H3. The predicted molar refractivity (Wildman–Crippen MR) is 56.2 cm³/mol. The van der Waals surface area contributed by atoms with Crippen LogP contribution in [0, 0.1) is 0 Å². The van der Waals surface area contributed by atoms with Crippen LogP contribution in [0.5, 0.6) is 0 Å². The maximum absolute atomic E-state index is 11.0. The summed E-state index contributed by atoms with van der Waals surface area (Å²) in [4.78, 5) is 2.54. The summed E-state index contributed by atoms with van der Waals surface area (Å²) in [6.45, 7) is 2.58. The fourth-order valence-corrected chi connectivity index (χ4v) is 1.49. The van der Waals surface area contributed by atoms with Gasteiger partial charge in [0.2, 0.25) is 0 Å². The zero-order chi connectivity index (χ0) is 12.3. The van der Waals surface area contributed by atoms with Crippen molar-refractivity contribution in [1.29, 1.82) is 0 Å². The smallest absolute Gasteiger partial charge is 0.291 e. The number of hydrogen-bond acceptors (Lipinski definition) is 6. The zero-order valence-corrected chi connectivity index (χ0v) is 9.85. The van der Waals surface area contributed by atoms with Crippen LogP contribution in [0.3, 0.4) is 0 Å². The minimum Gasteiger partial charge on any atom is -0.379 e. The molecule has 0 amide bonds. The van der Waals surface area contributed by atoms with E-state index in [2.05, 4.69) is 14.2 Å². The van der Waals surface area contributed by atoms with Gasteiger partial charge in [-0.1, -0.05) is 5.11 Å². The number of ether oxygens (including phenoxy) is 2. The third-order valence-electron chi connectivity index (χ3n) is 1.30. The Balaban J connectivity index is 3.36. The largest absolute Gasteiger partial charge is 0.379 e. The van der Waals surface area contributed by atoms with Crippen LogP contribution in [0.25, 0.3) is 10.4 Å². The van der Waals surface area contributed by atoms with Crippen molar-refractivity contribution in [3.05, 3.63) is 10.4 Å². The lowest BCUT2D eigenvalue weighted by Crippen LogP contribution is -2.15. The lowest BCUT2D eigenvalue weighted by Gasteiger charge is -2.05. The summed E-state index contributed by atoms with van der Waals surface area (Å²) in [6.07, 6.45) is 0. The molecule has 0 aliphatic rings. The average Bonchev–Trinajstić information content (AvgIpc) is 2.22. The molecule has 16 heavy (non-hydrogen) atoms. The molecule has 0 aromatic heterocycles. The SMILES string of the molecule is CCOS(=O)(=O)COCCOCCN=[N+]=[N-]. The van der Waals surface area contributed by atoms with Crippen molar-refractivity contribution in [1.82, 2.24) is 0 Å². The Bertz CT molecular complexity index is 312. The molecule has 0 heterocycles. The van der Waals surface area contributed by atoms with Crippen LogP contribution >= 0.6 is 0 Å². The van der Waals surface area contributed by atoms with E-state index in [0.29, 0.717) is 0 Å². The van der Waals surface area contributed by atoms with Crippen molar-refractivity contribution in [2.45, 2.75) is 6.92 Å². The predicted octanol–water partition coefficient (Wildman–Crippen LogP) is 0.654. The Kier molecular flexibility index (Phi) is 8.87. The van der Waals surface area contributed by atoms with Crippen molar-refractivity contribution in [2.75, 3.05) is 38.9 Å². The number of hydrogen-bond donors (Lipinski definition) is 0. The Morgan fingerprint density at radius 1 is 1.25 bits per heavy atom. The average molecular weight is 253 g/mol. The van der Waals surface area contributed by atoms with Crippen LogP contribution in [-0.4, -0.2) is 47.3 Å². The van der Waals surface area contributed by atoms with Crippen molar-refractivity contribution in [3.63, 3.8) is 0 Å². The second-order valence-electron chi connectivity index (χ2n) is 2.56. The summed E-state index contributed by atoms with van der Waals surface area (Å²) in [5.74, 6) is -0.486. The van der Waals surface area contributed by atoms with Gasteiger partial charge in [-0.15, -0.1) is 0 Å². The summed E-state index contributed by atoms with van der Waals surface area (Å²) >= 11 is 0. The molecular weight excluding hydrogens is 238 g/mol. The van der Waals surface area contributed by atoms with Crippen molar-refractivity contribution in [2.24, 2.45) is 5.11 Å². The Hall–Kier alpha value is -0.860. The van der Waals surface area contributed by atoms with Gasteiger partial charge in [0.05, 0.1) is 26.4 Å². The van der Waals surface area contributed by atoms with Crippen LogP contribution in [0.2, 0.25) is 0 Å². The van der Waals surface area contributed by atoms with Gasteiger partial charge in [0, 0.05) is 11.5 Å². The highest BCUT2D eigenvalue weighted by Gasteiger charge is 2.09. The molecule has 0 aromatic rings. The van der Waals surface area contributed by atoms with Crippen LogP contribution in [-0.2, 0) is 23.8 Å². The van der Waals surface area contributed by atoms with E-state index in [4.69, 9.17) is 15.0 Å². The second kappa shape index (κ2) is 9.37. The molecule has 8 nitrogen and oxygen atoms in total. The van der Waals surface area contributed by atoms with Gasteiger partial charge in [-0.2, -0.15) is 8.42 Å². The first-order chi connectivity index (χ1) is 7.62. The highest BCUT2D eigenvalue weighted by atomic mass is 32.2. The first kappa shape index (κ1) is 15.1. The molecule has 0 saturated heterocycles. The maximum atomic E-state index is 11.0. The summed E-state index contributed by atoms with van der Waals surface area (Å²) in [6, 6.07) is 0. The van der Waals surface area contributed by atoms with E-state index in [1.165, 1.54) is 0 Å². The molecule has 0 aromatic carbocycles. The molecule has 9 heteroatoms. The summed E-state index contributed by atoms with van der Waals surface area (Å²) in [5, 5.41) is 3.25. The van der Waals surface area contributed by atoms with Gasteiger partial charge in [-0.3, -0.25) is 4.18 Å². The molecule has 0 rings (SSSR count). The minimum atomic E-state index is -3.58. The highest BCUT2D eigenvalue weighted by Crippen LogP contribution is 1.93. The van der Waals surface area contributed by atoms with Gasteiger partial charge in [-0.05, 0) is 12.5 Å². The van der Waals surface area contributed by atoms with Gasteiger partial charge in [0.25, 0.3) is 10.1 Å².